The Balaban J connectivity index is 1.52. The Hall–Kier alpha value is -2.24. The molecule has 3 amide bonds. The van der Waals surface area contributed by atoms with Crippen molar-refractivity contribution in [3.63, 3.8) is 0 Å². The van der Waals surface area contributed by atoms with E-state index in [1.165, 1.54) is 17.0 Å². The summed E-state index contributed by atoms with van der Waals surface area (Å²) >= 11 is 0. The number of nitrogens with one attached hydrogen (secondary N) is 1. The number of benzene rings is 1. The predicted octanol–water partition coefficient (Wildman–Crippen LogP) is 2.12. The van der Waals surface area contributed by atoms with Crippen molar-refractivity contribution in [2.75, 3.05) is 31.5 Å². The summed E-state index contributed by atoms with van der Waals surface area (Å²) in [6.07, 6.45) is 1.59. The molecule has 2 fully saturated rings. The maximum absolute atomic E-state index is 14.2. The Morgan fingerprint density at radius 1 is 1.24 bits per heavy atom. The van der Waals surface area contributed by atoms with Gasteiger partial charge in [-0.15, -0.1) is 0 Å². The summed E-state index contributed by atoms with van der Waals surface area (Å²) in [5.41, 5.74) is -2.02. The minimum atomic E-state index is -3.43. The minimum absolute atomic E-state index is 0.0101. The highest BCUT2D eigenvalue weighted by Gasteiger charge is 2.48. The predicted molar refractivity (Wildman–Crippen MR) is 123 cm³/mol. The zero-order chi connectivity index (χ0) is 25.4. The summed E-state index contributed by atoms with van der Waals surface area (Å²) in [5, 5.41) is 12.0. The summed E-state index contributed by atoms with van der Waals surface area (Å²) in [4.78, 5) is 24.9. The van der Waals surface area contributed by atoms with Crippen LogP contribution < -0.4 is 10.1 Å². The second-order valence-electron chi connectivity index (χ2n) is 10.3. The van der Waals surface area contributed by atoms with Crippen molar-refractivity contribution in [3.05, 3.63) is 29.6 Å². The molecule has 1 aliphatic carbocycles. The molecule has 1 aromatic carbocycles. The summed E-state index contributed by atoms with van der Waals surface area (Å²) in [5.74, 6) is -1.14. The Bertz CT molecular complexity index is 1050. The van der Waals surface area contributed by atoms with Crippen molar-refractivity contribution in [1.29, 1.82) is 0 Å². The molecule has 0 aromatic heterocycles. The lowest BCUT2D eigenvalue weighted by Crippen LogP contribution is -2.45. The number of imide groups is 1. The number of rotatable bonds is 12. The molecule has 1 saturated heterocycles. The largest absolute Gasteiger partial charge is 0.488 e. The van der Waals surface area contributed by atoms with Gasteiger partial charge in [0.25, 0.3) is 5.91 Å². The third-order valence-electron chi connectivity index (χ3n) is 6.13. The first-order valence-corrected chi connectivity index (χ1v) is 13.0. The number of amides is 3. The third kappa shape index (κ3) is 6.25. The number of hydrogen-bond donors (Lipinski definition) is 2. The number of hydrogen-bond acceptors (Lipinski definition) is 7. The molecule has 0 unspecified atom stereocenters. The van der Waals surface area contributed by atoms with Gasteiger partial charge < -0.3 is 14.6 Å². The fourth-order valence-electron chi connectivity index (χ4n) is 3.81. The molecule has 1 heterocycles. The molecule has 0 bridgehead atoms. The van der Waals surface area contributed by atoms with Gasteiger partial charge >= 0.3 is 6.03 Å². The maximum atomic E-state index is 14.2. The highest BCUT2D eigenvalue weighted by atomic mass is 32.2. The molecular weight excluding hydrogens is 467 g/mol. The van der Waals surface area contributed by atoms with Gasteiger partial charge in [0.15, 0.2) is 21.4 Å². The average Bonchev–Trinajstić information content (AvgIpc) is 3.44. The van der Waals surface area contributed by atoms with Crippen LogP contribution >= 0.6 is 0 Å². The summed E-state index contributed by atoms with van der Waals surface area (Å²) in [6.45, 7) is 6.22. The Labute approximate surface area is 199 Å². The Morgan fingerprint density at radius 2 is 1.91 bits per heavy atom. The van der Waals surface area contributed by atoms with Gasteiger partial charge in [-0.3, -0.25) is 15.0 Å². The summed E-state index contributed by atoms with van der Waals surface area (Å²) in [7, 11) is -3.43. The highest BCUT2D eigenvalue weighted by molar-refractivity contribution is 7.91. The summed E-state index contributed by atoms with van der Waals surface area (Å²) < 4.78 is 50.6. The lowest BCUT2D eigenvalue weighted by atomic mass is 9.98. The summed E-state index contributed by atoms with van der Waals surface area (Å²) in [6, 6.07) is 3.83. The van der Waals surface area contributed by atoms with Gasteiger partial charge in [-0.1, -0.05) is 6.07 Å². The van der Waals surface area contributed by atoms with Crippen LogP contribution in [0.3, 0.4) is 0 Å². The smallest absolute Gasteiger partial charge is 0.326 e. The zero-order valence-corrected chi connectivity index (χ0v) is 20.8. The van der Waals surface area contributed by atoms with Crippen molar-refractivity contribution < 1.29 is 37.0 Å². The number of ether oxygens (including phenoxy) is 2. The van der Waals surface area contributed by atoms with Crippen LogP contribution in [-0.2, 0) is 24.8 Å². The van der Waals surface area contributed by atoms with Crippen LogP contribution in [0.25, 0.3) is 0 Å². The van der Waals surface area contributed by atoms with Crippen LogP contribution in [0.1, 0.15) is 52.5 Å². The van der Waals surface area contributed by atoms with Crippen LogP contribution in [0.15, 0.2) is 18.2 Å². The topological polar surface area (TPSA) is 122 Å². The first-order valence-electron chi connectivity index (χ1n) is 11.2. The van der Waals surface area contributed by atoms with Crippen LogP contribution in [0.2, 0.25) is 0 Å². The van der Waals surface area contributed by atoms with Crippen LogP contribution in [0, 0.1) is 5.82 Å². The van der Waals surface area contributed by atoms with E-state index >= 15 is 0 Å². The number of sulfone groups is 1. The molecule has 0 radical (unpaired) electrons. The van der Waals surface area contributed by atoms with Crippen molar-refractivity contribution in [2.24, 2.45) is 0 Å². The monoisotopic (exact) mass is 500 g/mol. The van der Waals surface area contributed by atoms with Gasteiger partial charge in [-0.05, 0) is 64.7 Å². The molecule has 190 valence electrons. The molecule has 9 nitrogen and oxygen atoms in total. The van der Waals surface area contributed by atoms with Crippen molar-refractivity contribution >= 4 is 21.8 Å². The van der Waals surface area contributed by atoms with E-state index in [0.29, 0.717) is 18.4 Å². The number of carbonyl (C=O) groups is 2. The van der Waals surface area contributed by atoms with E-state index < -0.39 is 44.1 Å². The first-order chi connectivity index (χ1) is 15.7. The average molecular weight is 501 g/mol. The van der Waals surface area contributed by atoms with Crippen LogP contribution in [-0.4, -0.2) is 73.0 Å². The van der Waals surface area contributed by atoms with Crippen molar-refractivity contribution in [1.82, 2.24) is 10.2 Å². The molecule has 34 heavy (non-hydrogen) atoms. The maximum Gasteiger partial charge on any atom is 0.326 e. The SMILES string of the molecule is CC(C)(O)COc1cc(C2(CS(=O)(=O)CCCOCN3C(=O)NC(=O)C3(C)C)CC2)ccc1F. The molecule has 0 atom stereocenters. The highest BCUT2D eigenvalue weighted by Crippen LogP contribution is 2.50. The number of nitrogens with zero attached hydrogens (tertiary/aromatic N) is 1. The molecular formula is C23H33FN2O7S. The molecule has 1 saturated carbocycles. The van der Waals surface area contributed by atoms with Gasteiger partial charge in [0.2, 0.25) is 0 Å². The van der Waals surface area contributed by atoms with E-state index in [1.807, 2.05) is 0 Å². The van der Waals surface area contributed by atoms with E-state index in [2.05, 4.69) is 5.32 Å². The van der Waals surface area contributed by atoms with Crippen molar-refractivity contribution in [3.8, 4) is 5.75 Å². The third-order valence-corrected chi connectivity index (χ3v) is 8.04. The Morgan fingerprint density at radius 3 is 2.47 bits per heavy atom. The lowest BCUT2D eigenvalue weighted by molar-refractivity contribution is -0.126. The molecule has 1 aromatic rings. The van der Waals surface area contributed by atoms with E-state index in [9.17, 15) is 27.5 Å². The number of halogens is 1. The second kappa shape index (κ2) is 9.43. The Kier molecular flexibility index (Phi) is 7.31. The molecule has 3 rings (SSSR count). The van der Waals surface area contributed by atoms with E-state index in [-0.39, 0.29) is 43.6 Å². The fraction of sp³-hybridized carbons (Fsp3) is 0.652. The fourth-order valence-corrected chi connectivity index (χ4v) is 5.81. The second-order valence-corrected chi connectivity index (χ2v) is 12.4. The van der Waals surface area contributed by atoms with Gasteiger partial charge in [0.1, 0.15) is 18.9 Å². The lowest BCUT2D eigenvalue weighted by Gasteiger charge is -2.27. The standard InChI is InChI=1S/C23H33FN2O7S/c1-21(2,29)13-33-18-12-16(6-7-17(18)24)23(8-9-23)14-34(30,31)11-5-10-32-15-26-20(28)25-19(27)22(26,3)4/h6-7,12,29H,5,8-11,13-15H2,1-4H3,(H,25,27,28). The number of aliphatic hydroxyl groups is 1. The molecule has 1 aliphatic heterocycles. The van der Waals surface area contributed by atoms with Crippen LogP contribution in [0.4, 0.5) is 9.18 Å². The van der Waals surface area contributed by atoms with Gasteiger partial charge in [0.05, 0.1) is 17.1 Å². The van der Waals surface area contributed by atoms with Crippen LogP contribution in [0.5, 0.6) is 5.75 Å². The molecule has 11 heteroatoms. The molecule has 2 N–H and O–H groups in total. The van der Waals surface area contributed by atoms with Crippen molar-refractivity contribution in [2.45, 2.75) is 63.5 Å². The van der Waals surface area contributed by atoms with E-state index in [0.717, 1.165) is 0 Å². The zero-order valence-electron chi connectivity index (χ0n) is 20.0. The molecule has 2 aliphatic rings. The van der Waals surface area contributed by atoms with Gasteiger partial charge in [-0.25, -0.2) is 17.6 Å². The van der Waals surface area contributed by atoms with E-state index in [4.69, 9.17) is 9.47 Å². The number of carbonyl (C=O) groups excluding carboxylic acids is 2. The molecule has 0 spiro atoms. The minimum Gasteiger partial charge on any atom is -0.488 e. The quantitative estimate of drug-likeness (QED) is 0.333. The van der Waals surface area contributed by atoms with E-state index in [1.54, 1.807) is 33.8 Å². The van der Waals surface area contributed by atoms with Gasteiger partial charge in [-0.2, -0.15) is 0 Å². The normalized spacial score (nSPS) is 19.3. The number of urea groups is 1. The van der Waals surface area contributed by atoms with Gasteiger partial charge in [0, 0.05) is 12.0 Å². The first kappa shape index (κ1) is 26.4.